The lowest BCUT2D eigenvalue weighted by atomic mass is 9.91. The van der Waals surface area contributed by atoms with Gasteiger partial charge in [0, 0.05) is 0 Å². The average Bonchev–Trinajstić information content (AvgIpc) is 2.15. The molecule has 0 bridgehead atoms. The SMILES string of the molecule is COc1ccc(C=CB(O)O)cc1. The third-order valence-electron chi connectivity index (χ3n) is 1.58. The van der Waals surface area contributed by atoms with E-state index in [2.05, 4.69) is 0 Å². The standard InChI is InChI=1S/C9H11BO3/c1-13-9-4-2-8(3-5-9)6-7-10(11)12/h2-7,11-12H,1H3. The van der Waals surface area contributed by atoms with E-state index in [-0.39, 0.29) is 0 Å². The first-order chi connectivity index (χ1) is 6.22. The van der Waals surface area contributed by atoms with Crippen LogP contribution < -0.4 is 4.74 Å². The van der Waals surface area contributed by atoms with Crippen LogP contribution in [0.15, 0.2) is 30.2 Å². The molecule has 0 spiro atoms. The number of ether oxygens (including phenoxy) is 1. The fraction of sp³-hybridized carbons (Fsp3) is 0.111. The smallest absolute Gasteiger partial charge is 0.480 e. The van der Waals surface area contributed by atoms with Gasteiger partial charge in [0.25, 0.3) is 0 Å². The van der Waals surface area contributed by atoms with Gasteiger partial charge in [0.05, 0.1) is 7.11 Å². The molecule has 0 unspecified atom stereocenters. The lowest BCUT2D eigenvalue weighted by molar-refractivity contribution is 0.415. The summed E-state index contributed by atoms with van der Waals surface area (Å²) in [5.41, 5.74) is 0.897. The maximum absolute atomic E-state index is 8.56. The summed E-state index contributed by atoms with van der Waals surface area (Å²) < 4.78 is 4.97. The highest BCUT2D eigenvalue weighted by Gasteiger charge is 1.97. The maximum Gasteiger partial charge on any atom is 0.480 e. The van der Waals surface area contributed by atoms with Crippen LogP contribution in [0.1, 0.15) is 5.56 Å². The second-order valence-electron chi connectivity index (χ2n) is 2.55. The predicted molar refractivity (Wildman–Crippen MR) is 52.2 cm³/mol. The van der Waals surface area contributed by atoms with Crippen LogP contribution in [0.2, 0.25) is 0 Å². The van der Waals surface area contributed by atoms with Gasteiger partial charge in [-0.25, -0.2) is 0 Å². The summed E-state index contributed by atoms with van der Waals surface area (Å²) in [5.74, 6) is 2.07. The van der Waals surface area contributed by atoms with E-state index in [1.807, 2.05) is 24.3 Å². The van der Waals surface area contributed by atoms with Crippen LogP contribution in [0, 0.1) is 0 Å². The summed E-state index contributed by atoms with van der Waals surface area (Å²) in [6.07, 6.45) is 1.63. The Balaban J connectivity index is 2.69. The molecule has 0 aliphatic carbocycles. The molecule has 1 aromatic carbocycles. The van der Waals surface area contributed by atoms with Crippen molar-refractivity contribution in [3.8, 4) is 5.75 Å². The van der Waals surface area contributed by atoms with E-state index in [9.17, 15) is 0 Å². The first-order valence-corrected chi connectivity index (χ1v) is 3.91. The molecule has 0 aromatic heterocycles. The highest BCUT2D eigenvalue weighted by molar-refractivity contribution is 6.48. The van der Waals surface area contributed by atoms with Crippen molar-refractivity contribution in [3.05, 3.63) is 35.8 Å². The zero-order valence-electron chi connectivity index (χ0n) is 7.34. The van der Waals surface area contributed by atoms with Crippen LogP contribution in [-0.4, -0.2) is 24.3 Å². The van der Waals surface area contributed by atoms with Gasteiger partial charge in [-0.2, -0.15) is 0 Å². The van der Waals surface area contributed by atoms with Crippen LogP contribution in [0.25, 0.3) is 6.08 Å². The lowest BCUT2D eigenvalue weighted by Gasteiger charge is -1.98. The molecule has 0 fully saturated rings. The molecule has 2 N–H and O–H groups in total. The molecule has 0 amide bonds. The Bertz CT molecular complexity index is 279. The van der Waals surface area contributed by atoms with Crippen LogP contribution in [0.4, 0.5) is 0 Å². The molecule has 0 radical (unpaired) electrons. The predicted octanol–water partition coefficient (Wildman–Crippen LogP) is 0.720. The molecular formula is C9H11BO3. The molecule has 4 heteroatoms. The van der Waals surface area contributed by atoms with E-state index in [0.717, 1.165) is 11.3 Å². The van der Waals surface area contributed by atoms with Gasteiger partial charge in [-0.3, -0.25) is 0 Å². The van der Waals surface area contributed by atoms with Gasteiger partial charge >= 0.3 is 7.12 Å². The third-order valence-corrected chi connectivity index (χ3v) is 1.58. The monoisotopic (exact) mass is 178 g/mol. The van der Waals surface area contributed by atoms with Gasteiger partial charge in [0.2, 0.25) is 0 Å². The van der Waals surface area contributed by atoms with Crippen molar-refractivity contribution in [3.63, 3.8) is 0 Å². The second-order valence-corrected chi connectivity index (χ2v) is 2.55. The normalized spacial score (nSPS) is 10.4. The van der Waals surface area contributed by atoms with Crippen LogP contribution >= 0.6 is 0 Å². The summed E-state index contributed by atoms with van der Waals surface area (Å²) in [6, 6.07) is 7.28. The van der Waals surface area contributed by atoms with Crippen molar-refractivity contribution < 1.29 is 14.8 Å². The largest absolute Gasteiger partial charge is 0.497 e. The van der Waals surface area contributed by atoms with E-state index in [1.165, 1.54) is 5.98 Å². The summed E-state index contributed by atoms with van der Waals surface area (Å²) in [6.45, 7) is 0. The summed E-state index contributed by atoms with van der Waals surface area (Å²) in [5, 5.41) is 17.1. The first-order valence-electron chi connectivity index (χ1n) is 3.91. The highest BCUT2D eigenvalue weighted by atomic mass is 16.5. The Morgan fingerprint density at radius 2 is 1.85 bits per heavy atom. The molecule has 0 aliphatic heterocycles. The maximum atomic E-state index is 8.56. The number of methoxy groups -OCH3 is 1. The molecule has 0 heterocycles. The second kappa shape index (κ2) is 4.69. The molecule has 3 nitrogen and oxygen atoms in total. The van der Waals surface area contributed by atoms with E-state index >= 15 is 0 Å². The summed E-state index contributed by atoms with van der Waals surface area (Å²) >= 11 is 0. The van der Waals surface area contributed by atoms with Gasteiger partial charge in [0.15, 0.2) is 0 Å². The van der Waals surface area contributed by atoms with Gasteiger partial charge in [-0.15, -0.1) is 0 Å². The van der Waals surface area contributed by atoms with Gasteiger partial charge in [-0.05, 0) is 17.7 Å². The Morgan fingerprint density at radius 1 is 1.23 bits per heavy atom. The van der Waals surface area contributed by atoms with Gasteiger partial charge < -0.3 is 14.8 Å². The highest BCUT2D eigenvalue weighted by Crippen LogP contribution is 2.11. The fourth-order valence-electron chi connectivity index (χ4n) is 0.912. The minimum absolute atomic E-state index is 0.779. The quantitative estimate of drug-likeness (QED) is 0.670. The lowest BCUT2D eigenvalue weighted by Crippen LogP contribution is -2.05. The molecular weight excluding hydrogens is 167 g/mol. The van der Waals surface area contributed by atoms with Crippen LogP contribution in [0.5, 0.6) is 5.75 Å². The molecule has 0 atom stereocenters. The Morgan fingerprint density at radius 3 is 2.31 bits per heavy atom. The van der Waals surface area contributed by atoms with Crippen LogP contribution in [0.3, 0.4) is 0 Å². The van der Waals surface area contributed by atoms with Gasteiger partial charge in [0.1, 0.15) is 5.75 Å². The van der Waals surface area contributed by atoms with E-state index in [0.29, 0.717) is 0 Å². The topological polar surface area (TPSA) is 49.7 Å². The molecule has 0 aliphatic rings. The van der Waals surface area contributed by atoms with Crippen molar-refractivity contribution in [2.75, 3.05) is 7.11 Å². The minimum Gasteiger partial charge on any atom is -0.497 e. The van der Waals surface area contributed by atoms with Crippen molar-refractivity contribution in [1.82, 2.24) is 0 Å². The average molecular weight is 178 g/mol. The van der Waals surface area contributed by atoms with Crippen molar-refractivity contribution in [2.45, 2.75) is 0 Å². The minimum atomic E-state index is -1.40. The Hall–Kier alpha value is -1.26. The number of hydrogen-bond donors (Lipinski definition) is 2. The first kappa shape index (κ1) is 9.83. The van der Waals surface area contributed by atoms with Crippen molar-refractivity contribution in [2.24, 2.45) is 0 Å². The fourth-order valence-corrected chi connectivity index (χ4v) is 0.912. The van der Waals surface area contributed by atoms with Crippen molar-refractivity contribution >= 4 is 13.2 Å². The Kier molecular flexibility index (Phi) is 3.55. The molecule has 0 saturated heterocycles. The van der Waals surface area contributed by atoms with E-state index in [4.69, 9.17) is 14.8 Å². The molecule has 1 aromatic rings. The summed E-state index contributed by atoms with van der Waals surface area (Å²) in [7, 11) is 0.199. The number of benzene rings is 1. The molecule has 13 heavy (non-hydrogen) atoms. The molecule has 1 rings (SSSR count). The zero-order valence-corrected chi connectivity index (χ0v) is 7.34. The van der Waals surface area contributed by atoms with E-state index < -0.39 is 7.12 Å². The molecule has 68 valence electrons. The Labute approximate surface area is 77.4 Å². The van der Waals surface area contributed by atoms with Crippen molar-refractivity contribution in [1.29, 1.82) is 0 Å². The zero-order chi connectivity index (χ0) is 9.68. The number of hydrogen-bond acceptors (Lipinski definition) is 3. The summed E-state index contributed by atoms with van der Waals surface area (Å²) in [4.78, 5) is 0. The third kappa shape index (κ3) is 3.31. The van der Waals surface area contributed by atoms with Crippen LogP contribution in [-0.2, 0) is 0 Å². The van der Waals surface area contributed by atoms with E-state index in [1.54, 1.807) is 13.2 Å². The number of rotatable bonds is 3. The molecule has 0 saturated carbocycles. The van der Waals surface area contributed by atoms with Gasteiger partial charge in [-0.1, -0.05) is 24.2 Å².